The van der Waals surface area contributed by atoms with Crippen LogP contribution >= 0.6 is 0 Å². The highest BCUT2D eigenvalue weighted by Crippen LogP contribution is 2.39. The number of fused-ring (bicyclic) bond motifs is 1. The molecule has 3 aromatic rings. The summed E-state index contributed by atoms with van der Waals surface area (Å²) >= 11 is 0. The Morgan fingerprint density at radius 3 is 2.62 bits per heavy atom. The molecule has 4 rings (SSSR count). The van der Waals surface area contributed by atoms with Gasteiger partial charge in [0.25, 0.3) is 0 Å². The van der Waals surface area contributed by atoms with Gasteiger partial charge in [-0.2, -0.15) is 0 Å². The zero-order valence-electron chi connectivity index (χ0n) is 21.2. The van der Waals surface area contributed by atoms with Gasteiger partial charge in [-0.15, -0.1) is 0 Å². The first-order valence-electron chi connectivity index (χ1n) is 12.1. The molecule has 0 radical (unpaired) electrons. The highest BCUT2D eigenvalue weighted by molar-refractivity contribution is 6.03. The molecule has 2 heterocycles. The fourth-order valence-corrected chi connectivity index (χ4v) is 4.19. The van der Waals surface area contributed by atoms with Crippen molar-refractivity contribution < 1.29 is 24.2 Å². The molecule has 1 aliphatic heterocycles. The molecule has 2 amide bonds. The van der Waals surface area contributed by atoms with Gasteiger partial charge in [-0.3, -0.25) is 9.59 Å². The molecule has 1 aromatic heterocycles. The number of nitrogens with zero attached hydrogens (tertiary/aromatic N) is 1. The normalized spacial score (nSPS) is 15.6. The first-order valence-corrected chi connectivity index (χ1v) is 12.1. The zero-order valence-corrected chi connectivity index (χ0v) is 21.2. The first kappa shape index (κ1) is 26.1. The summed E-state index contributed by atoms with van der Waals surface area (Å²) in [5, 5.41) is 16.8. The van der Waals surface area contributed by atoms with E-state index in [2.05, 4.69) is 29.5 Å². The Morgan fingerprint density at radius 2 is 1.95 bits per heavy atom. The minimum absolute atomic E-state index is 0.0508. The van der Waals surface area contributed by atoms with Crippen LogP contribution in [0.15, 0.2) is 60.8 Å². The number of pyridine rings is 1. The lowest BCUT2D eigenvalue weighted by molar-refractivity contribution is -0.116. The van der Waals surface area contributed by atoms with E-state index in [1.165, 1.54) is 6.20 Å². The third-order valence-electron chi connectivity index (χ3n) is 6.21. The lowest BCUT2D eigenvalue weighted by Gasteiger charge is -2.28. The van der Waals surface area contributed by atoms with Gasteiger partial charge in [-0.1, -0.05) is 18.2 Å². The second-order valence-corrected chi connectivity index (χ2v) is 9.83. The molecule has 0 spiro atoms. The molecule has 0 aliphatic carbocycles. The van der Waals surface area contributed by atoms with Crippen molar-refractivity contribution in [2.75, 3.05) is 18.5 Å². The Balaban J connectivity index is 1.25. The third-order valence-corrected chi connectivity index (χ3v) is 6.21. The van der Waals surface area contributed by atoms with Crippen molar-refractivity contribution in [3.63, 3.8) is 0 Å². The number of primary amides is 1. The number of amides is 2. The number of carbonyl (C=O) groups is 2. The minimum atomic E-state index is -0.722. The highest BCUT2D eigenvalue weighted by Gasteiger charge is 2.30. The topological polar surface area (TPSA) is 136 Å². The van der Waals surface area contributed by atoms with Crippen LogP contribution in [0.2, 0.25) is 0 Å². The van der Waals surface area contributed by atoms with E-state index in [0.29, 0.717) is 29.5 Å². The van der Waals surface area contributed by atoms with Gasteiger partial charge >= 0.3 is 0 Å². The average molecular weight is 505 g/mol. The predicted octanol–water partition coefficient (Wildman–Crippen LogP) is 3.38. The van der Waals surface area contributed by atoms with E-state index in [1.807, 2.05) is 49.4 Å². The molecule has 2 atom stereocenters. The number of aliphatic hydroxyl groups excluding tert-OH is 1. The Kier molecular flexibility index (Phi) is 7.75. The van der Waals surface area contributed by atoms with E-state index in [-0.39, 0.29) is 24.0 Å². The summed E-state index contributed by atoms with van der Waals surface area (Å²) in [7, 11) is 0. The molecular formula is C28H32N4O5. The van der Waals surface area contributed by atoms with Crippen LogP contribution in [0.1, 0.15) is 48.2 Å². The Labute approximate surface area is 216 Å². The predicted molar refractivity (Wildman–Crippen MR) is 140 cm³/mol. The summed E-state index contributed by atoms with van der Waals surface area (Å²) < 4.78 is 11.6. The van der Waals surface area contributed by atoms with Crippen LogP contribution < -0.4 is 25.8 Å². The number of hydrogen-bond donors (Lipinski definition) is 4. The Bertz CT molecular complexity index is 1260. The molecule has 1 unspecified atom stereocenters. The van der Waals surface area contributed by atoms with Crippen LogP contribution in [0.5, 0.6) is 17.4 Å². The molecule has 0 saturated carbocycles. The molecule has 0 fully saturated rings. The van der Waals surface area contributed by atoms with Crippen molar-refractivity contribution in [2.45, 2.75) is 44.8 Å². The third kappa shape index (κ3) is 6.63. The average Bonchev–Trinajstić information content (AvgIpc) is 3.16. The van der Waals surface area contributed by atoms with E-state index in [0.717, 1.165) is 23.2 Å². The molecule has 37 heavy (non-hydrogen) atoms. The summed E-state index contributed by atoms with van der Waals surface area (Å²) in [6.07, 6.45) is 1.38. The van der Waals surface area contributed by atoms with E-state index >= 15 is 0 Å². The van der Waals surface area contributed by atoms with Crippen molar-refractivity contribution in [3.8, 4) is 17.4 Å². The van der Waals surface area contributed by atoms with Gasteiger partial charge in [0.2, 0.25) is 17.7 Å². The number of ether oxygens (including phenoxy) is 2. The number of hydrogen-bond acceptors (Lipinski definition) is 7. The summed E-state index contributed by atoms with van der Waals surface area (Å²) in [4.78, 5) is 27.2. The van der Waals surface area contributed by atoms with Crippen molar-refractivity contribution in [1.82, 2.24) is 10.3 Å². The van der Waals surface area contributed by atoms with Crippen molar-refractivity contribution in [2.24, 2.45) is 5.73 Å². The number of anilines is 1. The number of benzene rings is 2. The van der Waals surface area contributed by atoms with Crippen LogP contribution in [-0.2, 0) is 11.2 Å². The maximum atomic E-state index is 12.0. The molecule has 1 aliphatic rings. The SMILES string of the molecule is CC1C(=O)Nc2cccc(OC[C@@H](O)CNC(C)(C)Cc3ccc(Oc4ccc(C(N)=O)cn4)cc3)c21. The van der Waals surface area contributed by atoms with Crippen LogP contribution in [-0.4, -0.2) is 46.7 Å². The maximum Gasteiger partial charge on any atom is 0.250 e. The van der Waals surface area contributed by atoms with Crippen LogP contribution in [0.3, 0.4) is 0 Å². The maximum absolute atomic E-state index is 12.0. The lowest BCUT2D eigenvalue weighted by Crippen LogP contribution is -2.46. The smallest absolute Gasteiger partial charge is 0.250 e. The summed E-state index contributed by atoms with van der Waals surface area (Å²) in [5.41, 5.74) is 7.96. The molecular weight excluding hydrogens is 472 g/mol. The standard InChI is InChI=1S/C28H32N4O5/c1-17-25-22(32-27(17)35)5-4-6-23(25)36-16-20(33)15-31-28(2,3)13-18-7-10-21(11-8-18)37-24-12-9-19(14-30-24)26(29)34/h4-12,14,17,20,31,33H,13,15-16H2,1-3H3,(H2,29,34)(H,32,35)/t17?,20-/m0/s1. The molecule has 194 valence electrons. The molecule has 9 nitrogen and oxygen atoms in total. The second-order valence-electron chi connectivity index (χ2n) is 9.83. The Morgan fingerprint density at radius 1 is 1.19 bits per heavy atom. The van der Waals surface area contributed by atoms with Crippen molar-refractivity contribution in [3.05, 3.63) is 77.5 Å². The minimum Gasteiger partial charge on any atom is -0.490 e. The van der Waals surface area contributed by atoms with E-state index in [1.54, 1.807) is 12.1 Å². The van der Waals surface area contributed by atoms with Crippen LogP contribution in [0, 0.1) is 0 Å². The molecule has 5 N–H and O–H groups in total. The quantitative estimate of drug-likeness (QED) is 0.314. The Hall–Kier alpha value is -3.95. The fourth-order valence-electron chi connectivity index (χ4n) is 4.19. The summed E-state index contributed by atoms with van der Waals surface area (Å²) in [6.45, 7) is 6.44. The van der Waals surface area contributed by atoms with Crippen LogP contribution in [0.4, 0.5) is 5.69 Å². The first-order chi connectivity index (χ1) is 17.6. The van der Waals surface area contributed by atoms with E-state index < -0.39 is 12.0 Å². The molecule has 0 saturated heterocycles. The molecule has 2 aromatic carbocycles. The fraction of sp³-hybridized carbons (Fsp3) is 0.321. The van der Waals surface area contributed by atoms with E-state index in [4.69, 9.17) is 15.2 Å². The van der Waals surface area contributed by atoms with Crippen LogP contribution in [0.25, 0.3) is 0 Å². The van der Waals surface area contributed by atoms with Crippen molar-refractivity contribution in [1.29, 1.82) is 0 Å². The van der Waals surface area contributed by atoms with Gasteiger partial charge in [-0.25, -0.2) is 4.98 Å². The molecule has 0 bridgehead atoms. The number of rotatable bonds is 11. The van der Waals surface area contributed by atoms with Crippen molar-refractivity contribution >= 4 is 17.5 Å². The van der Waals surface area contributed by atoms with Gasteiger partial charge < -0.3 is 30.9 Å². The van der Waals surface area contributed by atoms with Gasteiger partial charge in [0.1, 0.15) is 24.2 Å². The second kappa shape index (κ2) is 11.0. The summed E-state index contributed by atoms with van der Waals surface area (Å²) in [6, 6.07) is 16.3. The number of nitrogens with two attached hydrogens (primary N) is 1. The summed E-state index contributed by atoms with van der Waals surface area (Å²) in [5.74, 6) is 0.738. The largest absolute Gasteiger partial charge is 0.490 e. The van der Waals surface area contributed by atoms with Gasteiger partial charge in [0.15, 0.2) is 0 Å². The number of β-amino-alcohol motifs (C(OH)–C–C–N with tert-alkyl or cyclic N) is 1. The van der Waals surface area contributed by atoms with Gasteiger partial charge in [0.05, 0.1) is 11.5 Å². The zero-order chi connectivity index (χ0) is 26.6. The number of carbonyl (C=O) groups excluding carboxylic acids is 2. The highest BCUT2D eigenvalue weighted by atomic mass is 16.5. The number of aromatic nitrogens is 1. The number of nitrogens with one attached hydrogen (secondary N) is 2. The molecule has 9 heteroatoms. The van der Waals surface area contributed by atoms with E-state index in [9.17, 15) is 14.7 Å². The van der Waals surface area contributed by atoms with Gasteiger partial charge in [0, 0.05) is 35.6 Å². The number of aliphatic hydroxyl groups is 1. The van der Waals surface area contributed by atoms with Gasteiger partial charge in [-0.05, 0) is 63.1 Å². The monoisotopic (exact) mass is 504 g/mol. The lowest BCUT2D eigenvalue weighted by atomic mass is 9.94.